The minimum atomic E-state index is -1.27. The number of benzene rings is 1. The van der Waals surface area contributed by atoms with Gasteiger partial charge in [0.1, 0.15) is 5.69 Å². The maximum Gasteiger partial charge on any atom is 0.358 e. The van der Waals surface area contributed by atoms with Crippen LogP contribution in [-0.4, -0.2) is 21.0 Å². The molecule has 6 nitrogen and oxygen atoms in total. The van der Waals surface area contributed by atoms with Gasteiger partial charge in [0.15, 0.2) is 17.3 Å². The van der Waals surface area contributed by atoms with Gasteiger partial charge in [0.05, 0.1) is 5.02 Å². The molecule has 1 aromatic carbocycles. The van der Waals surface area contributed by atoms with E-state index in [1.54, 1.807) is 24.3 Å². The highest BCUT2D eigenvalue weighted by Crippen LogP contribution is 2.30. The van der Waals surface area contributed by atoms with Crippen LogP contribution in [0.3, 0.4) is 0 Å². The van der Waals surface area contributed by atoms with Crippen molar-refractivity contribution in [3.05, 3.63) is 35.0 Å². The van der Waals surface area contributed by atoms with Crippen molar-refractivity contribution in [1.82, 2.24) is 9.97 Å². The van der Waals surface area contributed by atoms with E-state index in [1.165, 1.54) is 0 Å². The van der Waals surface area contributed by atoms with Gasteiger partial charge in [-0.05, 0) is 6.07 Å². The monoisotopic (exact) mass is 264 g/mol. The van der Waals surface area contributed by atoms with Crippen molar-refractivity contribution >= 4 is 29.2 Å². The Balaban J connectivity index is 2.69. The van der Waals surface area contributed by atoms with Crippen LogP contribution < -0.4 is 11.5 Å². The average Bonchev–Trinajstić information content (AvgIpc) is 2.30. The van der Waals surface area contributed by atoms with Crippen molar-refractivity contribution in [2.24, 2.45) is 0 Å². The molecule has 0 aliphatic carbocycles. The highest BCUT2D eigenvalue weighted by Gasteiger charge is 2.17. The molecule has 0 fully saturated rings. The van der Waals surface area contributed by atoms with Crippen LogP contribution in [0, 0.1) is 0 Å². The van der Waals surface area contributed by atoms with Crippen LogP contribution in [-0.2, 0) is 0 Å². The van der Waals surface area contributed by atoms with Crippen molar-refractivity contribution in [2.75, 3.05) is 11.5 Å². The van der Waals surface area contributed by atoms with Crippen LogP contribution in [0.4, 0.5) is 11.6 Å². The molecule has 1 heterocycles. The molecule has 0 radical (unpaired) electrons. The minimum absolute atomic E-state index is 0.0330. The van der Waals surface area contributed by atoms with Gasteiger partial charge in [-0.15, -0.1) is 0 Å². The van der Waals surface area contributed by atoms with E-state index in [0.29, 0.717) is 10.6 Å². The highest BCUT2D eigenvalue weighted by atomic mass is 35.5. The average molecular weight is 265 g/mol. The molecule has 0 spiro atoms. The molecule has 2 aromatic rings. The van der Waals surface area contributed by atoms with Crippen LogP contribution in [0.25, 0.3) is 11.3 Å². The van der Waals surface area contributed by atoms with Gasteiger partial charge in [-0.25, -0.2) is 14.8 Å². The fourth-order valence-corrected chi connectivity index (χ4v) is 1.70. The normalized spacial score (nSPS) is 10.3. The molecule has 1 aromatic heterocycles. The lowest BCUT2D eigenvalue weighted by molar-refractivity contribution is 0.0691. The number of nitrogens with two attached hydrogens (primary N) is 2. The maximum atomic E-state index is 10.9. The Hall–Kier alpha value is -2.34. The Bertz CT molecular complexity index is 630. The summed E-state index contributed by atoms with van der Waals surface area (Å²) >= 11 is 6.00. The SMILES string of the molecule is Nc1nc(N)c(-c2ccccc2Cl)nc1C(=O)O. The van der Waals surface area contributed by atoms with E-state index >= 15 is 0 Å². The summed E-state index contributed by atoms with van der Waals surface area (Å²) in [5.74, 6) is -1.46. The summed E-state index contributed by atoms with van der Waals surface area (Å²) in [5, 5.41) is 9.34. The number of rotatable bonds is 2. The number of anilines is 2. The van der Waals surface area contributed by atoms with Gasteiger partial charge in [0, 0.05) is 5.56 Å². The largest absolute Gasteiger partial charge is 0.476 e. The van der Waals surface area contributed by atoms with Crippen molar-refractivity contribution in [3.63, 3.8) is 0 Å². The lowest BCUT2D eigenvalue weighted by Gasteiger charge is -2.08. The standard InChI is InChI=1S/C11H9ClN4O2/c12-6-4-2-1-3-5(6)7-9(13)16-10(14)8(15-7)11(17)18/h1-4H,(H,17,18)(H4,13,14,16). The second-order valence-electron chi connectivity index (χ2n) is 3.48. The van der Waals surface area contributed by atoms with E-state index in [-0.39, 0.29) is 23.0 Å². The molecule has 7 heteroatoms. The number of hydrogen-bond acceptors (Lipinski definition) is 5. The molecule has 18 heavy (non-hydrogen) atoms. The minimum Gasteiger partial charge on any atom is -0.476 e. The maximum absolute atomic E-state index is 10.9. The number of nitrogens with zero attached hydrogens (tertiary/aromatic N) is 2. The molecule has 0 aliphatic heterocycles. The van der Waals surface area contributed by atoms with E-state index in [9.17, 15) is 4.79 Å². The van der Waals surface area contributed by atoms with E-state index in [4.69, 9.17) is 28.2 Å². The Kier molecular flexibility index (Phi) is 3.03. The Morgan fingerprint density at radius 3 is 2.44 bits per heavy atom. The molecule has 0 unspecified atom stereocenters. The lowest BCUT2D eigenvalue weighted by Crippen LogP contribution is -2.11. The topological polar surface area (TPSA) is 115 Å². The lowest BCUT2D eigenvalue weighted by atomic mass is 10.1. The van der Waals surface area contributed by atoms with Gasteiger partial charge in [-0.3, -0.25) is 0 Å². The third-order valence-corrected chi connectivity index (χ3v) is 2.61. The highest BCUT2D eigenvalue weighted by molar-refractivity contribution is 6.33. The van der Waals surface area contributed by atoms with E-state index in [2.05, 4.69) is 9.97 Å². The zero-order valence-corrected chi connectivity index (χ0v) is 9.85. The first-order valence-electron chi connectivity index (χ1n) is 4.92. The number of aromatic nitrogens is 2. The number of carboxylic acid groups (broad SMARTS) is 1. The van der Waals surface area contributed by atoms with Crippen LogP contribution in [0.15, 0.2) is 24.3 Å². The first kappa shape index (κ1) is 12.1. The van der Waals surface area contributed by atoms with Crippen molar-refractivity contribution < 1.29 is 9.90 Å². The molecule has 0 saturated carbocycles. The fraction of sp³-hybridized carbons (Fsp3) is 0. The summed E-state index contributed by atoms with van der Waals surface area (Å²) in [7, 11) is 0. The van der Waals surface area contributed by atoms with Gasteiger partial charge in [-0.1, -0.05) is 29.8 Å². The zero-order chi connectivity index (χ0) is 13.3. The van der Waals surface area contributed by atoms with Crippen molar-refractivity contribution in [2.45, 2.75) is 0 Å². The number of carboxylic acids is 1. The molecular weight excluding hydrogens is 256 g/mol. The number of halogens is 1. The molecule has 0 amide bonds. The summed E-state index contributed by atoms with van der Waals surface area (Å²) in [5.41, 5.74) is 11.5. The van der Waals surface area contributed by atoms with Crippen LogP contribution in [0.1, 0.15) is 10.5 Å². The molecule has 2 rings (SSSR count). The predicted molar refractivity (Wildman–Crippen MR) is 68.3 cm³/mol. The summed E-state index contributed by atoms with van der Waals surface area (Å²) in [6.07, 6.45) is 0. The quantitative estimate of drug-likeness (QED) is 0.760. The van der Waals surface area contributed by atoms with Gasteiger partial charge >= 0.3 is 5.97 Å². The van der Waals surface area contributed by atoms with E-state index < -0.39 is 5.97 Å². The van der Waals surface area contributed by atoms with Crippen LogP contribution >= 0.6 is 11.6 Å². The summed E-state index contributed by atoms with van der Waals surface area (Å²) in [4.78, 5) is 18.6. The zero-order valence-electron chi connectivity index (χ0n) is 9.09. The van der Waals surface area contributed by atoms with Gasteiger partial charge in [-0.2, -0.15) is 0 Å². The van der Waals surface area contributed by atoms with Crippen molar-refractivity contribution in [3.8, 4) is 11.3 Å². The van der Waals surface area contributed by atoms with E-state index in [0.717, 1.165) is 0 Å². The molecule has 5 N–H and O–H groups in total. The second-order valence-corrected chi connectivity index (χ2v) is 3.88. The smallest absolute Gasteiger partial charge is 0.358 e. The van der Waals surface area contributed by atoms with Gasteiger partial charge in [0.2, 0.25) is 0 Å². The molecule has 0 bridgehead atoms. The molecule has 0 saturated heterocycles. The molecule has 92 valence electrons. The summed E-state index contributed by atoms with van der Waals surface area (Å²) in [6.45, 7) is 0. The summed E-state index contributed by atoms with van der Waals surface area (Å²) in [6, 6.07) is 6.79. The third kappa shape index (κ3) is 2.05. The summed E-state index contributed by atoms with van der Waals surface area (Å²) < 4.78 is 0. The number of carbonyl (C=O) groups is 1. The number of aromatic carboxylic acids is 1. The Labute approximate surface area is 107 Å². The first-order chi connectivity index (χ1) is 8.50. The molecule has 0 atom stereocenters. The van der Waals surface area contributed by atoms with Crippen molar-refractivity contribution in [1.29, 1.82) is 0 Å². The predicted octanol–water partition coefficient (Wildman–Crippen LogP) is 1.66. The third-order valence-electron chi connectivity index (χ3n) is 2.28. The second kappa shape index (κ2) is 4.50. The van der Waals surface area contributed by atoms with Crippen LogP contribution in [0.2, 0.25) is 5.02 Å². The van der Waals surface area contributed by atoms with Gasteiger partial charge < -0.3 is 16.6 Å². The molecular formula is C11H9ClN4O2. The number of hydrogen-bond donors (Lipinski definition) is 3. The van der Waals surface area contributed by atoms with Crippen LogP contribution in [0.5, 0.6) is 0 Å². The molecule has 0 aliphatic rings. The Morgan fingerprint density at radius 1 is 1.17 bits per heavy atom. The van der Waals surface area contributed by atoms with E-state index in [1.807, 2.05) is 0 Å². The first-order valence-corrected chi connectivity index (χ1v) is 5.29. The number of nitrogen functional groups attached to an aromatic ring is 2. The van der Waals surface area contributed by atoms with Gasteiger partial charge in [0.25, 0.3) is 0 Å². The fourth-order valence-electron chi connectivity index (χ4n) is 1.47. The Morgan fingerprint density at radius 2 is 1.83 bits per heavy atom.